The van der Waals surface area contributed by atoms with Crippen LogP contribution in [0.3, 0.4) is 0 Å². The van der Waals surface area contributed by atoms with E-state index in [1.165, 1.54) is 0 Å². The Labute approximate surface area is 100 Å². The summed E-state index contributed by atoms with van der Waals surface area (Å²) in [6.07, 6.45) is 3.28. The monoisotopic (exact) mass is 283 g/mol. The zero-order valence-electron chi connectivity index (χ0n) is 8.35. The van der Waals surface area contributed by atoms with Gasteiger partial charge in [-0.25, -0.2) is 9.78 Å². The Bertz CT molecular complexity index is 524. The first-order valence-corrected chi connectivity index (χ1v) is 5.54. The summed E-state index contributed by atoms with van der Waals surface area (Å²) in [4.78, 5) is 14.5. The van der Waals surface area contributed by atoms with Gasteiger partial charge in [0.05, 0.1) is 0 Å². The van der Waals surface area contributed by atoms with Crippen molar-refractivity contribution in [3.63, 3.8) is 0 Å². The topological polar surface area (TPSA) is 66.6 Å². The number of carboxylic acid groups (broad SMARTS) is 1. The summed E-state index contributed by atoms with van der Waals surface area (Å²) in [5.41, 5.74) is 1.83. The minimum absolute atomic E-state index is 0.385. The predicted molar refractivity (Wildman–Crippen MR) is 62.6 cm³/mol. The lowest BCUT2D eigenvalue weighted by molar-refractivity contribution is 0.194. The van der Waals surface area contributed by atoms with Gasteiger partial charge in [-0.2, -0.15) is 0 Å². The zero-order chi connectivity index (χ0) is 11.5. The molecule has 6 heteroatoms. The summed E-state index contributed by atoms with van der Waals surface area (Å²) < 4.78 is 2.90. The summed E-state index contributed by atoms with van der Waals surface area (Å²) in [5.74, 6) is 0. The van der Waals surface area contributed by atoms with Crippen molar-refractivity contribution in [3.8, 4) is 0 Å². The summed E-state index contributed by atoms with van der Waals surface area (Å²) >= 11 is 3.38. The number of imidazole rings is 1. The number of aromatic nitrogens is 2. The number of hydrogen-bond donors (Lipinski definition) is 2. The maximum Gasteiger partial charge on any atom is 0.404 e. The highest BCUT2D eigenvalue weighted by Gasteiger charge is 2.03. The van der Waals surface area contributed by atoms with Crippen LogP contribution in [0.15, 0.2) is 29.0 Å². The predicted octanol–water partition coefficient (Wildman–Crippen LogP) is 1.91. The van der Waals surface area contributed by atoms with Gasteiger partial charge in [-0.05, 0) is 28.1 Å². The molecular weight excluding hydrogens is 274 g/mol. The molecule has 0 aliphatic rings. The Morgan fingerprint density at radius 1 is 1.56 bits per heavy atom. The number of halogens is 1. The molecule has 0 atom stereocenters. The fraction of sp³-hybridized carbons (Fsp3) is 0.200. The Morgan fingerprint density at radius 3 is 3.12 bits per heavy atom. The summed E-state index contributed by atoms with van der Waals surface area (Å²) in [6.45, 7) is 0.385. The van der Waals surface area contributed by atoms with Crippen LogP contribution in [-0.4, -0.2) is 27.1 Å². The molecule has 2 heterocycles. The summed E-state index contributed by atoms with van der Waals surface area (Å²) in [6, 6.07) is 3.82. The maximum atomic E-state index is 10.3. The lowest BCUT2D eigenvalue weighted by Gasteiger charge is -2.02. The van der Waals surface area contributed by atoms with E-state index in [4.69, 9.17) is 5.11 Å². The van der Waals surface area contributed by atoms with Gasteiger partial charge < -0.3 is 14.8 Å². The Hall–Kier alpha value is -1.56. The number of rotatable bonds is 3. The van der Waals surface area contributed by atoms with Crippen molar-refractivity contribution in [2.45, 2.75) is 6.42 Å². The molecule has 2 aromatic rings. The molecule has 0 saturated carbocycles. The maximum absolute atomic E-state index is 10.3. The normalized spacial score (nSPS) is 10.6. The second-order valence-corrected chi connectivity index (χ2v) is 4.22. The second kappa shape index (κ2) is 4.52. The largest absolute Gasteiger partial charge is 0.465 e. The lowest BCUT2D eigenvalue weighted by Crippen LogP contribution is -2.23. The van der Waals surface area contributed by atoms with E-state index in [-0.39, 0.29) is 0 Å². The lowest BCUT2D eigenvalue weighted by atomic mass is 10.3. The quantitative estimate of drug-likeness (QED) is 0.904. The van der Waals surface area contributed by atoms with E-state index in [2.05, 4.69) is 26.2 Å². The highest BCUT2D eigenvalue weighted by molar-refractivity contribution is 9.10. The van der Waals surface area contributed by atoms with Crippen molar-refractivity contribution >= 4 is 27.7 Å². The van der Waals surface area contributed by atoms with Crippen LogP contribution in [0.5, 0.6) is 0 Å². The van der Waals surface area contributed by atoms with Crippen LogP contribution < -0.4 is 5.32 Å². The molecular formula is C10H10BrN3O2. The smallest absolute Gasteiger partial charge is 0.404 e. The van der Waals surface area contributed by atoms with E-state index in [1.54, 1.807) is 6.20 Å². The summed E-state index contributed by atoms with van der Waals surface area (Å²) in [5, 5.41) is 10.8. The van der Waals surface area contributed by atoms with Crippen molar-refractivity contribution in [1.29, 1.82) is 0 Å². The third-order valence-electron chi connectivity index (χ3n) is 2.20. The SMILES string of the molecule is O=C(O)NCCc1cnc2ccc(Br)cn12. The van der Waals surface area contributed by atoms with Gasteiger partial charge in [-0.15, -0.1) is 0 Å². The number of hydrogen-bond acceptors (Lipinski definition) is 2. The van der Waals surface area contributed by atoms with Crippen LogP contribution in [0, 0.1) is 0 Å². The first-order valence-electron chi connectivity index (χ1n) is 4.75. The highest BCUT2D eigenvalue weighted by atomic mass is 79.9. The number of pyridine rings is 1. The molecule has 0 fully saturated rings. The number of nitrogens with one attached hydrogen (secondary N) is 1. The second-order valence-electron chi connectivity index (χ2n) is 3.31. The molecule has 16 heavy (non-hydrogen) atoms. The van der Waals surface area contributed by atoms with E-state index < -0.39 is 6.09 Å². The van der Waals surface area contributed by atoms with Gasteiger partial charge in [-0.3, -0.25) is 0 Å². The van der Waals surface area contributed by atoms with Gasteiger partial charge in [0.2, 0.25) is 0 Å². The number of carbonyl (C=O) groups is 1. The van der Waals surface area contributed by atoms with E-state index in [9.17, 15) is 4.79 Å². The molecule has 0 saturated heterocycles. The van der Waals surface area contributed by atoms with Crippen LogP contribution >= 0.6 is 15.9 Å². The van der Waals surface area contributed by atoms with Crippen molar-refractivity contribution < 1.29 is 9.90 Å². The van der Waals surface area contributed by atoms with Gasteiger partial charge in [0, 0.05) is 35.5 Å². The van der Waals surface area contributed by atoms with Crippen molar-refractivity contribution in [3.05, 3.63) is 34.7 Å². The van der Waals surface area contributed by atoms with Crippen molar-refractivity contribution in [1.82, 2.24) is 14.7 Å². The average Bonchev–Trinajstić information content (AvgIpc) is 2.60. The molecule has 0 spiro atoms. The first-order chi connectivity index (χ1) is 7.66. The molecule has 84 valence electrons. The fourth-order valence-electron chi connectivity index (χ4n) is 1.49. The van der Waals surface area contributed by atoms with Crippen LogP contribution in [0.4, 0.5) is 4.79 Å². The Morgan fingerprint density at radius 2 is 2.38 bits per heavy atom. The average molecular weight is 284 g/mol. The molecule has 0 aliphatic heterocycles. The molecule has 2 N–H and O–H groups in total. The van der Waals surface area contributed by atoms with Gasteiger partial charge >= 0.3 is 6.09 Å². The molecule has 1 amide bonds. The van der Waals surface area contributed by atoms with E-state index in [0.29, 0.717) is 13.0 Å². The molecule has 2 rings (SSSR count). The van der Waals surface area contributed by atoms with Gasteiger partial charge in [-0.1, -0.05) is 0 Å². The van der Waals surface area contributed by atoms with Crippen molar-refractivity contribution in [2.75, 3.05) is 6.54 Å². The van der Waals surface area contributed by atoms with Gasteiger partial charge in [0.25, 0.3) is 0 Å². The van der Waals surface area contributed by atoms with E-state index in [0.717, 1.165) is 15.8 Å². The van der Waals surface area contributed by atoms with Gasteiger partial charge in [0.15, 0.2) is 0 Å². The molecule has 0 unspecified atom stereocenters. The molecule has 5 nitrogen and oxygen atoms in total. The first kappa shape index (κ1) is 10.9. The van der Waals surface area contributed by atoms with E-state index >= 15 is 0 Å². The van der Waals surface area contributed by atoms with E-state index in [1.807, 2.05) is 22.7 Å². The summed E-state index contributed by atoms with van der Waals surface area (Å²) in [7, 11) is 0. The van der Waals surface area contributed by atoms with Crippen LogP contribution in [-0.2, 0) is 6.42 Å². The number of fused-ring (bicyclic) bond motifs is 1. The molecule has 0 bridgehead atoms. The standard InChI is InChI=1S/C10H10BrN3O2/c11-7-1-2-9-13-5-8(14(9)6-7)3-4-12-10(15)16/h1-2,5-6,12H,3-4H2,(H,15,16). The van der Waals surface area contributed by atoms with Crippen LogP contribution in [0.1, 0.15) is 5.69 Å². The zero-order valence-corrected chi connectivity index (χ0v) is 9.94. The van der Waals surface area contributed by atoms with Crippen molar-refractivity contribution in [2.24, 2.45) is 0 Å². The number of nitrogens with zero attached hydrogens (tertiary/aromatic N) is 2. The van der Waals surface area contributed by atoms with Crippen LogP contribution in [0.25, 0.3) is 5.65 Å². The molecule has 0 radical (unpaired) electrons. The molecule has 2 aromatic heterocycles. The highest BCUT2D eigenvalue weighted by Crippen LogP contribution is 2.13. The molecule has 0 aromatic carbocycles. The minimum Gasteiger partial charge on any atom is -0.465 e. The van der Waals surface area contributed by atoms with Gasteiger partial charge in [0.1, 0.15) is 5.65 Å². The third-order valence-corrected chi connectivity index (χ3v) is 2.67. The Balaban J connectivity index is 2.17. The third kappa shape index (κ3) is 2.33. The minimum atomic E-state index is -1.00. The number of amides is 1. The van der Waals surface area contributed by atoms with Crippen LogP contribution in [0.2, 0.25) is 0 Å². The fourth-order valence-corrected chi connectivity index (χ4v) is 1.82. The Kier molecular flexibility index (Phi) is 3.09. The molecule has 0 aliphatic carbocycles.